The number of hydrogen-bond donors (Lipinski definition) is 1. The van der Waals surface area contributed by atoms with Gasteiger partial charge in [-0.3, -0.25) is 4.79 Å². The molecule has 9 heteroatoms. The van der Waals surface area contributed by atoms with Crippen molar-refractivity contribution < 1.29 is 22.3 Å². The van der Waals surface area contributed by atoms with Crippen LogP contribution in [-0.4, -0.2) is 50.7 Å². The number of thioether (sulfide) groups is 1. The van der Waals surface area contributed by atoms with Gasteiger partial charge in [-0.25, -0.2) is 12.8 Å². The lowest BCUT2D eigenvalue weighted by Crippen LogP contribution is -2.40. The van der Waals surface area contributed by atoms with E-state index < -0.39 is 10.0 Å². The van der Waals surface area contributed by atoms with E-state index in [9.17, 15) is 17.6 Å². The lowest BCUT2D eigenvalue weighted by Gasteiger charge is -2.26. The molecule has 1 amide bonds. The van der Waals surface area contributed by atoms with Crippen LogP contribution in [0, 0.1) is 5.82 Å². The number of amides is 1. The first-order chi connectivity index (χ1) is 13.4. The van der Waals surface area contributed by atoms with E-state index in [4.69, 9.17) is 4.74 Å². The van der Waals surface area contributed by atoms with Gasteiger partial charge in [0.2, 0.25) is 15.9 Å². The molecule has 150 valence electrons. The third kappa shape index (κ3) is 5.54. The summed E-state index contributed by atoms with van der Waals surface area (Å²) < 4.78 is 45.1. The van der Waals surface area contributed by atoms with Gasteiger partial charge >= 0.3 is 0 Å². The molecule has 0 radical (unpaired) electrons. The molecule has 1 fully saturated rings. The zero-order chi connectivity index (χ0) is 20.0. The number of anilines is 1. The molecule has 1 heterocycles. The summed E-state index contributed by atoms with van der Waals surface area (Å²) in [6.07, 6.45) is 0. The maximum atomic E-state index is 13.2. The van der Waals surface area contributed by atoms with E-state index in [1.54, 1.807) is 24.3 Å². The van der Waals surface area contributed by atoms with Gasteiger partial charge in [-0.1, -0.05) is 18.2 Å². The number of ether oxygens (including phenoxy) is 1. The molecule has 2 aromatic carbocycles. The van der Waals surface area contributed by atoms with Crippen LogP contribution in [-0.2, 0) is 25.3 Å². The number of carbonyl (C=O) groups excluding carboxylic acids is 1. The van der Waals surface area contributed by atoms with Crippen molar-refractivity contribution in [3.63, 3.8) is 0 Å². The van der Waals surface area contributed by atoms with Crippen molar-refractivity contribution in [3.05, 3.63) is 59.9 Å². The van der Waals surface area contributed by atoms with E-state index in [1.807, 2.05) is 0 Å². The van der Waals surface area contributed by atoms with Crippen LogP contribution in [0.2, 0.25) is 0 Å². The first kappa shape index (κ1) is 20.8. The second kappa shape index (κ2) is 9.51. The minimum Gasteiger partial charge on any atom is -0.379 e. The van der Waals surface area contributed by atoms with E-state index in [1.165, 1.54) is 40.3 Å². The Balaban J connectivity index is 1.57. The summed E-state index contributed by atoms with van der Waals surface area (Å²) >= 11 is 1.36. The van der Waals surface area contributed by atoms with Crippen molar-refractivity contribution in [2.75, 3.05) is 37.4 Å². The molecule has 1 N–H and O–H groups in total. The van der Waals surface area contributed by atoms with Crippen LogP contribution in [0.4, 0.5) is 10.1 Å². The summed E-state index contributed by atoms with van der Waals surface area (Å²) in [4.78, 5) is 12.3. The predicted molar refractivity (Wildman–Crippen MR) is 107 cm³/mol. The highest BCUT2D eigenvalue weighted by Gasteiger charge is 2.26. The number of carbonyl (C=O) groups is 1. The zero-order valence-corrected chi connectivity index (χ0v) is 16.8. The van der Waals surface area contributed by atoms with Crippen molar-refractivity contribution in [2.45, 2.75) is 10.6 Å². The maximum Gasteiger partial charge on any atom is 0.243 e. The third-order valence-corrected chi connectivity index (χ3v) is 7.01. The molecule has 3 rings (SSSR count). The second-order valence-electron chi connectivity index (χ2n) is 6.22. The average molecular weight is 425 g/mol. The van der Waals surface area contributed by atoms with Gasteiger partial charge in [0.15, 0.2) is 0 Å². The molecule has 6 nitrogen and oxygen atoms in total. The smallest absolute Gasteiger partial charge is 0.243 e. The molecular weight excluding hydrogens is 403 g/mol. The van der Waals surface area contributed by atoms with Gasteiger partial charge in [0.05, 0.1) is 23.9 Å². The number of benzene rings is 2. The Morgan fingerprint density at radius 2 is 1.89 bits per heavy atom. The number of nitrogens with zero attached hydrogens (tertiary/aromatic N) is 1. The third-order valence-electron chi connectivity index (χ3n) is 4.12. The highest BCUT2D eigenvalue weighted by molar-refractivity contribution is 7.99. The Labute approximate surface area is 168 Å². The molecule has 0 unspecified atom stereocenters. The van der Waals surface area contributed by atoms with Crippen molar-refractivity contribution >= 4 is 33.4 Å². The monoisotopic (exact) mass is 424 g/mol. The molecule has 0 aliphatic carbocycles. The Kier molecular flexibility index (Phi) is 7.06. The maximum absolute atomic E-state index is 13.2. The molecule has 28 heavy (non-hydrogen) atoms. The second-order valence-corrected chi connectivity index (χ2v) is 9.14. The Morgan fingerprint density at radius 1 is 1.14 bits per heavy atom. The first-order valence-corrected chi connectivity index (χ1v) is 11.3. The molecule has 1 saturated heterocycles. The summed E-state index contributed by atoms with van der Waals surface area (Å²) in [6, 6.07) is 12.5. The van der Waals surface area contributed by atoms with Gasteiger partial charge in [-0.05, 0) is 35.9 Å². The van der Waals surface area contributed by atoms with Gasteiger partial charge < -0.3 is 10.1 Å². The van der Waals surface area contributed by atoms with Crippen LogP contribution in [0.1, 0.15) is 5.56 Å². The summed E-state index contributed by atoms with van der Waals surface area (Å²) in [7, 11) is -3.62. The molecule has 0 bridgehead atoms. The van der Waals surface area contributed by atoms with E-state index in [0.717, 1.165) is 5.56 Å². The summed E-state index contributed by atoms with van der Waals surface area (Å²) in [5.74, 6) is 0.135. The lowest BCUT2D eigenvalue weighted by atomic mass is 10.2. The zero-order valence-electron chi connectivity index (χ0n) is 15.1. The normalized spacial score (nSPS) is 15.3. The Hall–Kier alpha value is -1.94. The van der Waals surface area contributed by atoms with Crippen molar-refractivity contribution in [3.8, 4) is 0 Å². The highest BCUT2D eigenvalue weighted by atomic mass is 32.2. The van der Waals surface area contributed by atoms with Gasteiger partial charge in [0.1, 0.15) is 5.82 Å². The quantitative estimate of drug-likeness (QED) is 0.740. The van der Waals surface area contributed by atoms with Crippen LogP contribution in [0.5, 0.6) is 0 Å². The van der Waals surface area contributed by atoms with E-state index in [2.05, 4.69) is 5.32 Å². The molecule has 0 saturated carbocycles. The molecule has 0 atom stereocenters. The van der Waals surface area contributed by atoms with Gasteiger partial charge in [-0.15, -0.1) is 11.8 Å². The van der Waals surface area contributed by atoms with Crippen LogP contribution < -0.4 is 5.32 Å². The van der Waals surface area contributed by atoms with Gasteiger partial charge in [-0.2, -0.15) is 4.31 Å². The minimum absolute atomic E-state index is 0.139. The standard InChI is InChI=1S/C19H21FN2O4S2/c20-16-4-1-3-15(11-16)13-27-14-19(23)21-17-5-2-6-18(12-17)28(24,25)22-7-9-26-10-8-22/h1-6,11-12H,7-10,13-14H2,(H,21,23). The number of rotatable bonds is 7. The fraction of sp³-hybridized carbons (Fsp3) is 0.316. The minimum atomic E-state index is -3.62. The van der Waals surface area contributed by atoms with Crippen molar-refractivity contribution in [1.29, 1.82) is 0 Å². The predicted octanol–water partition coefficient (Wildman–Crippen LogP) is 2.72. The summed E-state index contributed by atoms with van der Waals surface area (Å²) in [5.41, 5.74) is 1.22. The van der Waals surface area contributed by atoms with Crippen LogP contribution >= 0.6 is 11.8 Å². The van der Waals surface area contributed by atoms with E-state index in [-0.39, 0.29) is 22.4 Å². The Bertz CT molecular complexity index is 931. The van der Waals surface area contributed by atoms with Crippen LogP contribution in [0.15, 0.2) is 53.4 Å². The molecular formula is C19H21FN2O4S2. The summed E-state index contributed by atoms with van der Waals surface area (Å²) in [5, 5.41) is 2.71. The highest BCUT2D eigenvalue weighted by Crippen LogP contribution is 2.21. The van der Waals surface area contributed by atoms with Crippen LogP contribution in [0.25, 0.3) is 0 Å². The molecule has 2 aromatic rings. The number of sulfonamides is 1. The largest absolute Gasteiger partial charge is 0.379 e. The SMILES string of the molecule is O=C(CSCc1cccc(F)c1)Nc1cccc(S(=O)(=O)N2CCOCC2)c1. The Morgan fingerprint density at radius 3 is 2.64 bits per heavy atom. The van der Waals surface area contributed by atoms with Crippen molar-refractivity contribution in [2.24, 2.45) is 0 Å². The molecule has 1 aliphatic rings. The fourth-order valence-electron chi connectivity index (χ4n) is 2.76. The number of halogens is 1. The van der Waals surface area contributed by atoms with Gasteiger partial charge in [0.25, 0.3) is 0 Å². The number of hydrogen-bond acceptors (Lipinski definition) is 5. The number of morpholine rings is 1. The topological polar surface area (TPSA) is 75.7 Å². The lowest BCUT2D eigenvalue weighted by molar-refractivity contribution is -0.113. The van der Waals surface area contributed by atoms with Crippen molar-refractivity contribution in [1.82, 2.24) is 4.31 Å². The van der Waals surface area contributed by atoms with E-state index >= 15 is 0 Å². The molecule has 0 aromatic heterocycles. The average Bonchev–Trinajstić information content (AvgIpc) is 2.69. The van der Waals surface area contributed by atoms with Crippen LogP contribution in [0.3, 0.4) is 0 Å². The fourth-order valence-corrected chi connectivity index (χ4v) is 4.98. The molecule has 1 aliphatic heterocycles. The van der Waals surface area contributed by atoms with Gasteiger partial charge in [0, 0.05) is 24.5 Å². The molecule has 0 spiro atoms. The number of nitrogens with one attached hydrogen (secondary N) is 1. The van der Waals surface area contributed by atoms with E-state index in [0.29, 0.717) is 37.7 Å². The first-order valence-electron chi connectivity index (χ1n) is 8.75. The summed E-state index contributed by atoms with van der Waals surface area (Å²) in [6.45, 7) is 1.38.